The summed E-state index contributed by atoms with van der Waals surface area (Å²) >= 11 is 26.1. The molecule has 0 saturated heterocycles. The van der Waals surface area contributed by atoms with Gasteiger partial charge in [0.1, 0.15) is 10.1 Å². The minimum absolute atomic E-state index is 0. The molecule has 0 atom stereocenters. The van der Waals surface area contributed by atoms with Gasteiger partial charge in [0.25, 0.3) is 0 Å². The van der Waals surface area contributed by atoms with Gasteiger partial charge in [-0.2, -0.15) is 0 Å². The average molecular weight is 769 g/mol. The number of carbonyl (C=O) groups excluding carboxylic acids is 1. The summed E-state index contributed by atoms with van der Waals surface area (Å²) in [5, 5.41) is 13.3. The maximum Gasteiger partial charge on any atom is 1.00 e. The van der Waals surface area contributed by atoms with Crippen molar-refractivity contribution in [2.75, 3.05) is 7.11 Å². The van der Waals surface area contributed by atoms with Gasteiger partial charge < -0.3 is 14.3 Å². The third-order valence-electron chi connectivity index (χ3n) is 4.75. The molecule has 0 amide bonds. The molecule has 0 fully saturated rings. The average Bonchev–Trinajstić information content (AvgIpc) is 2.76. The van der Waals surface area contributed by atoms with Gasteiger partial charge in [-0.25, -0.2) is 4.79 Å². The van der Waals surface area contributed by atoms with E-state index in [0.717, 1.165) is 0 Å². The van der Waals surface area contributed by atoms with Crippen molar-refractivity contribution >= 4 is 104 Å². The summed E-state index contributed by atoms with van der Waals surface area (Å²) in [4.78, 5) is 25.3. The van der Waals surface area contributed by atoms with Crippen molar-refractivity contribution in [1.29, 1.82) is 0 Å². The van der Waals surface area contributed by atoms with Crippen LogP contribution in [0.15, 0.2) is 51.4 Å². The minimum Gasteiger partial charge on any atom is -0.871 e. The molecule has 1 heterocycles. The molecule has 12 heteroatoms. The smallest absolute Gasteiger partial charge is 0.871 e. The monoisotopic (exact) mass is 764 g/mol. The first kappa shape index (κ1) is 28.1. The van der Waals surface area contributed by atoms with E-state index in [1.165, 1.54) is 13.2 Å². The third kappa shape index (κ3) is 4.80. The van der Waals surface area contributed by atoms with Crippen LogP contribution in [0.3, 0.4) is 0 Å². The fourth-order valence-electron chi connectivity index (χ4n) is 3.35. The van der Waals surface area contributed by atoms with Gasteiger partial charge in [-0.15, -0.1) is 0 Å². The fraction of sp³-hybridized carbons (Fsp3) is 0.0476. The summed E-state index contributed by atoms with van der Waals surface area (Å²) in [6.45, 7) is 0. The van der Waals surface area contributed by atoms with E-state index in [0.29, 0.717) is 16.5 Å². The Morgan fingerprint density at radius 2 is 1.64 bits per heavy atom. The number of fused-ring (bicyclic) bond motifs is 2. The van der Waals surface area contributed by atoms with E-state index < -0.39 is 5.97 Å². The molecule has 0 N–H and O–H groups in total. The van der Waals surface area contributed by atoms with Gasteiger partial charge in [0.15, 0.2) is 5.76 Å². The predicted molar refractivity (Wildman–Crippen MR) is 136 cm³/mol. The Bertz CT molecular complexity index is 1490. The molecule has 2 aromatic rings. The number of esters is 1. The van der Waals surface area contributed by atoms with Crippen LogP contribution in [0.5, 0.6) is 5.75 Å². The van der Waals surface area contributed by atoms with Crippen LogP contribution in [0.2, 0.25) is 10.0 Å². The van der Waals surface area contributed by atoms with Crippen LogP contribution < -0.4 is 61.9 Å². The number of halogens is 6. The van der Waals surface area contributed by atoms with Gasteiger partial charge >= 0.3 is 57.4 Å². The second kappa shape index (κ2) is 10.9. The zero-order valence-corrected chi connectivity index (χ0v) is 27.6. The molecule has 0 bridgehead atoms. The molecule has 2 aromatic carbocycles. The topological polar surface area (TPSA) is 79.6 Å². The standard InChI is InChI=1S/C21H8Br4Cl2O5.K/c1-31-21(30)14-11(27)3-2-10(26)13(14)12-6-4-8(22)17(28)15(24)19(6)32-20-7(12)5-9(23)18(29)16(20)25;/h2-5,28H,1H3;/q;+1/p-1. The van der Waals surface area contributed by atoms with Crippen molar-refractivity contribution in [1.82, 2.24) is 0 Å². The molecule has 0 radical (unpaired) electrons. The number of rotatable bonds is 2. The summed E-state index contributed by atoms with van der Waals surface area (Å²) in [7, 11) is 1.23. The molecule has 1 aliphatic heterocycles. The fourth-order valence-corrected chi connectivity index (χ4v) is 6.24. The van der Waals surface area contributed by atoms with Gasteiger partial charge in [-0.3, -0.25) is 4.79 Å². The first-order valence-corrected chi connectivity index (χ1v) is 12.5. The Morgan fingerprint density at radius 1 is 1.00 bits per heavy atom. The molecule has 0 saturated carbocycles. The van der Waals surface area contributed by atoms with E-state index in [-0.39, 0.29) is 113 Å². The number of methoxy groups -OCH3 is 1. The van der Waals surface area contributed by atoms with E-state index >= 15 is 0 Å². The van der Waals surface area contributed by atoms with Crippen LogP contribution in [0.4, 0.5) is 0 Å². The van der Waals surface area contributed by atoms with Crippen LogP contribution in [0.1, 0.15) is 10.4 Å². The van der Waals surface area contributed by atoms with Crippen LogP contribution in [0, 0.1) is 0 Å². The maximum absolute atomic E-state index is 12.7. The van der Waals surface area contributed by atoms with Gasteiger partial charge in [-0.1, -0.05) is 44.9 Å². The van der Waals surface area contributed by atoms with Crippen LogP contribution >= 0.6 is 86.9 Å². The van der Waals surface area contributed by atoms with Gasteiger partial charge in [-0.05, 0) is 72.1 Å². The largest absolute Gasteiger partial charge is 1.00 e. The zero-order valence-electron chi connectivity index (χ0n) is 16.6. The zero-order chi connectivity index (χ0) is 23.5. The van der Waals surface area contributed by atoms with E-state index in [1.54, 1.807) is 18.2 Å². The second-order valence-corrected chi connectivity index (χ2v) is 10.6. The number of hydrogen-bond acceptors (Lipinski definition) is 5. The molecular weight excluding hydrogens is 762 g/mol. The molecule has 164 valence electrons. The number of benzene rings is 3. The van der Waals surface area contributed by atoms with E-state index in [4.69, 9.17) is 32.4 Å². The van der Waals surface area contributed by atoms with Crippen molar-refractivity contribution in [2.24, 2.45) is 0 Å². The molecule has 33 heavy (non-hydrogen) atoms. The van der Waals surface area contributed by atoms with Gasteiger partial charge in [0, 0.05) is 31.6 Å². The molecule has 2 aliphatic rings. The first-order chi connectivity index (χ1) is 15.1. The molecule has 0 spiro atoms. The summed E-state index contributed by atoms with van der Waals surface area (Å²) in [5.74, 6) is -0.894. The quantitative estimate of drug-likeness (QED) is 0.167. The first-order valence-electron chi connectivity index (χ1n) is 8.58. The predicted octanol–water partition coefficient (Wildman–Crippen LogP) is 4.79. The van der Waals surface area contributed by atoms with Crippen LogP contribution in [-0.4, -0.2) is 13.1 Å². The SMILES string of the molecule is COC(=O)c1c(Cl)ccc(Cl)c1-c1c2cc(Br)c(=O)c(Br)c-2oc2c(Br)c([O-])c(Br)cc12.[K+]. The van der Waals surface area contributed by atoms with Crippen molar-refractivity contribution in [3.63, 3.8) is 0 Å². The summed E-state index contributed by atoms with van der Waals surface area (Å²) in [5.41, 5.74) is 0.987. The normalized spacial score (nSPS) is 11.0. The van der Waals surface area contributed by atoms with Crippen molar-refractivity contribution in [3.05, 3.63) is 68.0 Å². The number of hydrogen-bond donors (Lipinski definition) is 0. The Morgan fingerprint density at radius 3 is 2.27 bits per heavy atom. The molecule has 5 nitrogen and oxygen atoms in total. The molecular formula is C21H7Br4Cl2KO5. The van der Waals surface area contributed by atoms with Gasteiger partial charge in [0.05, 0.1) is 26.6 Å². The van der Waals surface area contributed by atoms with Crippen LogP contribution in [-0.2, 0) is 4.74 Å². The van der Waals surface area contributed by atoms with Crippen molar-refractivity contribution in [2.45, 2.75) is 0 Å². The van der Waals surface area contributed by atoms with Crippen LogP contribution in [0.25, 0.3) is 33.4 Å². The maximum atomic E-state index is 12.7. The minimum atomic E-state index is -0.702. The summed E-state index contributed by atoms with van der Waals surface area (Å²) in [6, 6.07) is 6.16. The van der Waals surface area contributed by atoms with E-state index in [1.807, 2.05) is 0 Å². The number of ether oxygens (including phenoxy) is 1. The number of carbonyl (C=O) groups is 1. The Labute approximate surface area is 273 Å². The molecule has 0 aromatic heterocycles. The Kier molecular flexibility index (Phi) is 9.27. The molecule has 1 aliphatic carbocycles. The van der Waals surface area contributed by atoms with E-state index in [2.05, 4.69) is 63.7 Å². The third-order valence-corrected chi connectivity index (χ3v) is 8.00. The Balaban J connectivity index is 0.00000306. The van der Waals surface area contributed by atoms with Crippen molar-refractivity contribution in [3.8, 4) is 28.2 Å². The Hall–Kier alpha value is 0.536. The van der Waals surface area contributed by atoms with Gasteiger partial charge in [0.2, 0.25) is 5.43 Å². The summed E-state index contributed by atoms with van der Waals surface area (Å²) < 4.78 is 11.7. The van der Waals surface area contributed by atoms with E-state index in [9.17, 15) is 14.7 Å². The second-order valence-electron chi connectivity index (χ2n) is 6.50. The molecule has 0 unspecified atom stereocenters. The molecule has 4 rings (SSSR count). The van der Waals surface area contributed by atoms with Crippen molar-refractivity contribution < 1.29 is 70.4 Å². The summed E-state index contributed by atoms with van der Waals surface area (Å²) in [6.07, 6.45) is 0.